The van der Waals surface area contributed by atoms with E-state index in [2.05, 4.69) is 10.2 Å². The SMILES string of the molecule is O=C(CCCCC(=O)Nc1cccc([C@H]2O[C@@H](CN3CCC4(CC3)OCCO4)C[C@@H](c3ccc(CO)cc3)O2)c1)NO. The minimum Gasteiger partial charge on any atom is -0.392 e. The summed E-state index contributed by atoms with van der Waals surface area (Å²) in [7, 11) is 0. The van der Waals surface area contributed by atoms with Crippen LogP contribution in [0.5, 0.6) is 0 Å². The van der Waals surface area contributed by atoms with Crippen molar-refractivity contribution in [2.24, 2.45) is 0 Å². The Kier molecular flexibility index (Phi) is 10.6. The molecule has 2 aromatic rings. The number of anilines is 1. The molecule has 3 heterocycles. The Morgan fingerprint density at radius 2 is 1.64 bits per heavy atom. The summed E-state index contributed by atoms with van der Waals surface area (Å²) >= 11 is 0. The molecule has 0 unspecified atom stereocenters. The monoisotopic (exact) mass is 583 g/mol. The van der Waals surface area contributed by atoms with Crippen LogP contribution in [0.2, 0.25) is 0 Å². The Bertz CT molecular complexity index is 1180. The van der Waals surface area contributed by atoms with Crippen molar-refractivity contribution >= 4 is 17.5 Å². The summed E-state index contributed by atoms with van der Waals surface area (Å²) in [5, 5.41) is 21.0. The number of amides is 2. The van der Waals surface area contributed by atoms with Crippen LogP contribution < -0.4 is 10.8 Å². The molecule has 0 aliphatic carbocycles. The summed E-state index contributed by atoms with van der Waals surface area (Å²) in [6.07, 6.45) is 2.91. The van der Waals surface area contributed by atoms with E-state index in [1.54, 1.807) is 5.48 Å². The lowest BCUT2D eigenvalue weighted by Gasteiger charge is -2.41. The Balaban J connectivity index is 1.24. The van der Waals surface area contributed by atoms with Gasteiger partial charge in [-0.15, -0.1) is 0 Å². The van der Waals surface area contributed by atoms with Crippen molar-refractivity contribution in [1.29, 1.82) is 0 Å². The van der Waals surface area contributed by atoms with Crippen LogP contribution in [-0.2, 0) is 35.1 Å². The van der Waals surface area contributed by atoms with Crippen LogP contribution in [-0.4, -0.2) is 71.8 Å². The number of nitrogens with one attached hydrogen (secondary N) is 2. The summed E-state index contributed by atoms with van der Waals surface area (Å²) in [5.74, 6) is -1.04. The van der Waals surface area contributed by atoms with Gasteiger partial charge in [0.1, 0.15) is 0 Å². The molecule has 1 spiro atoms. The van der Waals surface area contributed by atoms with E-state index < -0.39 is 18.0 Å². The maximum absolute atomic E-state index is 12.5. The van der Waals surface area contributed by atoms with Crippen LogP contribution >= 0.6 is 0 Å². The number of carbonyl (C=O) groups excluding carboxylic acids is 2. The third-order valence-electron chi connectivity index (χ3n) is 8.13. The highest BCUT2D eigenvalue weighted by atomic mass is 16.7. The smallest absolute Gasteiger partial charge is 0.243 e. The molecule has 3 saturated heterocycles. The number of ether oxygens (including phenoxy) is 4. The van der Waals surface area contributed by atoms with Crippen molar-refractivity contribution in [3.8, 4) is 0 Å². The van der Waals surface area contributed by atoms with Crippen LogP contribution in [0.15, 0.2) is 48.5 Å². The fourth-order valence-electron chi connectivity index (χ4n) is 5.80. The molecule has 11 heteroatoms. The van der Waals surface area contributed by atoms with Gasteiger partial charge in [0.05, 0.1) is 32.0 Å². The van der Waals surface area contributed by atoms with E-state index >= 15 is 0 Å². The van der Waals surface area contributed by atoms with Gasteiger partial charge in [-0.1, -0.05) is 36.4 Å². The predicted molar refractivity (Wildman–Crippen MR) is 152 cm³/mol. The highest BCUT2D eigenvalue weighted by molar-refractivity contribution is 5.90. The first-order valence-corrected chi connectivity index (χ1v) is 14.8. The number of nitrogens with zero attached hydrogens (tertiary/aromatic N) is 1. The molecule has 0 saturated carbocycles. The first-order chi connectivity index (χ1) is 20.4. The highest BCUT2D eigenvalue weighted by Gasteiger charge is 2.41. The van der Waals surface area contributed by atoms with E-state index in [1.165, 1.54) is 0 Å². The summed E-state index contributed by atoms with van der Waals surface area (Å²) in [6, 6.07) is 15.3. The molecule has 2 amide bonds. The second-order valence-corrected chi connectivity index (χ2v) is 11.2. The van der Waals surface area contributed by atoms with Gasteiger partial charge in [0, 0.05) is 63.0 Å². The van der Waals surface area contributed by atoms with E-state index in [0.717, 1.165) is 49.2 Å². The van der Waals surface area contributed by atoms with Gasteiger partial charge in [-0.05, 0) is 36.1 Å². The number of aliphatic hydroxyl groups is 1. The van der Waals surface area contributed by atoms with E-state index in [9.17, 15) is 14.7 Å². The van der Waals surface area contributed by atoms with Crippen molar-refractivity contribution in [3.05, 3.63) is 65.2 Å². The average Bonchev–Trinajstić information content (AvgIpc) is 3.48. The fourth-order valence-corrected chi connectivity index (χ4v) is 5.80. The molecule has 3 atom stereocenters. The van der Waals surface area contributed by atoms with Gasteiger partial charge in [0.25, 0.3) is 0 Å². The second-order valence-electron chi connectivity index (χ2n) is 11.2. The van der Waals surface area contributed by atoms with Crippen molar-refractivity contribution in [2.45, 2.75) is 75.8 Å². The molecule has 11 nitrogen and oxygen atoms in total. The van der Waals surface area contributed by atoms with Crippen molar-refractivity contribution < 1.29 is 38.9 Å². The standard InChI is InChI=1S/C31H41N3O8/c35-21-22-8-10-23(11-9-22)27-19-26(20-34-14-12-31(13-15-34)39-16-17-40-31)41-30(42-27)24-4-3-5-25(18-24)32-28(36)6-1-2-7-29(37)33-38/h3-5,8-11,18,26-27,30,35,38H,1-2,6-7,12-17,19-21H2,(H,32,36)(H,33,37)/t26-,27+,30+/m1/s1. The summed E-state index contributed by atoms with van der Waals surface area (Å²) in [4.78, 5) is 26.1. The zero-order chi connectivity index (χ0) is 29.4. The van der Waals surface area contributed by atoms with Crippen LogP contribution in [0, 0.1) is 0 Å². The number of hydrogen-bond donors (Lipinski definition) is 4. The van der Waals surface area contributed by atoms with E-state index in [0.29, 0.717) is 38.2 Å². The number of likely N-dealkylation sites (tertiary alicyclic amines) is 1. The molecule has 3 fully saturated rings. The predicted octanol–water partition coefficient (Wildman–Crippen LogP) is 3.57. The first-order valence-electron chi connectivity index (χ1n) is 14.8. The molecule has 3 aliphatic rings. The summed E-state index contributed by atoms with van der Waals surface area (Å²) < 4.78 is 24.8. The summed E-state index contributed by atoms with van der Waals surface area (Å²) in [5.41, 5.74) is 4.91. The number of rotatable bonds is 11. The van der Waals surface area contributed by atoms with Gasteiger partial charge >= 0.3 is 0 Å². The van der Waals surface area contributed by atoms with Crippen molar-refractivity contribution in [3.63, 3.8) is 0 Å². The van der Waals surface area contributed by atoms with Gasteiger partial charge in [-0.3, -0.25) is 14.8 Å². The average molecular weight is 584 g/mol. The third kappa shape index (κ3) is 8.13. The van der Waals surface area contributed by atoms with E-state index in [1.807, 2.05) is 48.5 Å². The molecule has 228 valence electrons. The van der Waals surface area contributed by atoms with E-state index in [4.69, 9.17) is 24.2 Å². The lowest BCUT2D eigenvalue weighted by molar-refractivity contribution is -0.255. The maximum Gasteiger partial charge on any atom is 0.243 e. The quantitative estimate of drug-likeness (QED) is 0.178. The van der Waals surface area contributed by atoms with Gasteiger partial charge in [0.2, 0.25) is 11.8 Å². The van der Waals surface area contributed by atoms with Gasteiger partial charge in [-0.2, -0.15) is 0 Å². The number of hydrogen-bond acceptors (Lipinski definition) is 9. The van der Waals surface area contributed by atoms with Gasteiger partial charge < -0.3 is 34.3 Å². The lowest BCUT2D eigenvalue weighted by atomic mass is 9.98. The molecule has 2 aromatic carbocycles. The largest absolute Gasteiger partial charge is 0.392 e. The molecule has 0 aromatic heterocycles. The molecular formula is C31H41N3O8. The molecule has 3 aliphatic heterocycles. The number of aliphatic hydroxyl groups excluding tert-OH is 1. The minimum absolute atomic E-state index is 0.0133. The van der Waals surface area contributed by atoms with Crippen LogP contribution in [0.25, 0.3) is 0 Å². The Hall–Kier alpha value is -2.90. The molecule has 0 radical (unpaired) electrons. The van der Waals surface area contributed by atoms with Crippen LogP contribution in [0.4, 0.5) is 5.69 Å². The second kappa shape index (κ2) is 14.5. The maximum atomic E-state index is 12.5. The lowest BCUT2D eigenvalue weighted by Crippen LogP contribution is -2.48. The number of hydroxylamine groups is 1. The van der Waals surface area contributed by atoms with Crippen molar-refractivity contribution in [1.82, 2.24) is 10.4 Å². The number of unbranched alkanes of at least 4 members (excludes halogenated alkanes) is 1. The zero-order valence-corrected chi connectivity index (χ0v) is 23.8. The topological polar surface area (TPSA) is 139 Å². The Morgan fingerprint density at radius 3 is 2.33 bits per heavy atom. The van der Waals surface area contributed by atoms with Crippen LogP contribution in [0.1, 0.15) is 74.0 Å². The first kappa shape index (κ1) is 30.6. The molecule has 5 rings (SSSR count). The normalized spacial score (nSPS) is 24.0. The van der Waals surface area contributed by atoms with Crippen molar-refractivity contribution in [2.75, 3.05) is 38.2 Å². The summed E-state index contributed by atoms with van der Waals surface area (Å²) in [6.45, 7) is 3.79. The molecule has 42 heavy (non-hydrogen) atoms. The van der Waals surface area contributed by atoms with Crippen LogP contribution in [0.3, 0.4) is 0 Å². The highest BCUT2D eigenvalue weighted by Crippen LogP contribution is 2.39. The van der Waals surface area contributed by atoms with Gasteiger partial charge in [0.15, 0.2) is 12.1 Å². The fraction of sp³-hybridized carbons (Fsp3) is 0.548. The number of benzene rings is 2. The number of piperidine rings is 1. The molecular weight excluding hydrogens is 542 g/mol. The van der Waals surface area contributed by atoms with E-state index in [-0.39, 0.29) is 37.6 Å². The van der Waals surface area contributed by atoms with Gasteiger partial charge in [-0.25, -0.2) is 5.48 Å². The molecule has 4 N–H and O–H groups in total. The Labute approximate surface area is 246 Å². The number of carbonyl (C=O) groups is 2. The third-order valence-corrected chi connectivity index (χ3v) is 8.13. The minimum atomic E-state index is -0.627. The zero-order valence-electron chi connectivity index (χ0n) is 23.8. The Morgan fingerprint density at radius 1 is 0.929 bits per heavy atom. The molecule has 0 bridgehead atoms.